The molecule has 1 amide bonds. The van der Waals surface area contributed by atoms with Crippen LogP contribution in [0.4, 0.5) is 4.79 Å². The molecule has 0 radical (unpaired) electrons. The number of aliphatic hydroxyl groups excluding tert-OH is 1. The van der Waals surface area contributed by atoms with E-state index in [-0.39, 0.29) is 22.4 Å². The third kappa shape index (κ3) is 2.51. The SMILES string of the molecule is CCCS(=O)(=O)c1nsnc1C12CCC(CC1O)CN2C(=O)OC. The van der Waals surface area contributed by atoms with Gasteiger partial charge in [-0.2, -0.15) is 8.75 Å². The number of fused-ring (bicyclic) bond motifs is 3. The number of ether oxygens (including phenoxy) is 1. The molecule has 134 valence electrons. The number of hydrogen-bond donors (Lipinski definition) is 1. The van der Waals surface area contributed by atoms with E-state index in [1.807, 2.05) is 0 Å². The van der Waals surface area contributed by atoms with E-state index in [9.17, 15) is 18.3 Å². The molecule has 1 aromatic heterocycles. The van der Waals surface area contributed by atoms with Crippen LogP contribution in [-0.4, -0.2) is 58.8 Å². The van der Waals surface area contributed by atoms with Crippen LogP contribution in [0.3, 0.4) is 0 Å². The van der Waals surface area contributed by atoms with Crippen molar-refractivity contribution in [2.45, 2.75) is 49.3 Å². The Morgan fingerprint density at radius 1 is 1.50 bits per heavy atom. The maximum atomic E-state index is 12.6. The summed E-state index contributed by atoms with van der Waals surface area (Å²) in [5.74, 6) is 0.140. The number of methoxy groups -OCH3 is 1. The van der Waals surface area contributed by atoms with E-state index in [0.29, 0.717) is 25.8 Å². The number of nitrogens with zero attached hydrogens (tertiary/aromatic N) is 3. The number of carbonyl (C=O) groups is 1. The molecule has 0 spiro atoms. The van der Waals surface area contributed by atoms with Gasteiger partial charge in [0, 0.05) is 6.54 Å². The summed E-state index contributed by atoms with van der Waals surface area (Å²) in [7, 11) is -2.33. The van der Waals surface area contributed by atoms with Crippen molar-refractivity contribution in [1.29, 1.82) is 0 Å². The van der Waals surface area contributed by atoms with Crippen molar-refractivity contribution in [2.24, 2.45) is 5.92 Å². The van der Waals surface area contributed by atoms with Gasteiger partial charge in [0.05, 0.1) is 30.7 Å². The first-order chi connectivity index (χ1) is 11.4. The number of hydrogen-bond acceptors (Lipinski definition) is 8. The molecule has 3 atom stereocenters. The smallest absolute Gasteiger partial charge is 0.410 e. The van der Waals surface area contributed by atoms with Gasteiger partial charge in [0.1, 0.15) is 11.2 Å². The van der Waals surface area contributed by atoms with Gasteiger partial charge in [0.15, 0.2) is 14.9 Å². The molecule has 3 fully saturated rings. The van der Waals surface area contributed by atoms with Crippen molar-refractivity contribution in [1.82, 2.24) is 13.6 Å². The summed E-state index contributed by atoms with van der Waals surface area (Å²) in [6.45, 7) is 2.20. The molecule has 1 saturated carbocycles. The van der Waals surface area contributed by atoms with Crippen LogP contribution in [0.2, 0.25) is 0 Å². The van der Waals surface area contributed by atoms with Gasteiger partial charge in [-0.1, -0.05) is 6.92 Å². The highest BCUT2D eigenvalue weighted by molar-refractivity contribution is 7.91. The van der Waals surface area contributed by atoms with Crippen LogP contribution in [0.25, 0.3) is 0 Å². The van der Waals surface area contributed by atoms with Crippen LogP contribution in [0.15, 0.2) is 5.03 Å². The number of rotatable bonds is 4. The largest absolute Gasteiger partial charge is 0.453 e. The summed E-state index contributed by atoms with van der Waals surface area (Å²) < 4.78 is 38.2. The quantitative estimate of drug-likeness (QED) is 0.841. The van der Waals surface area contributed by atoms with Crippen LogP contribution in [0, 0.1) is 5.92 Å². The molecular weight excluding hydrogens is 354 g/mol. The zero-order valence-corrected chi connectivity index (χ0v) is 15.3. The molecule has 10 heteroatoms. The number of carbonyl (C=O) groups excluding carboxylic acids is 1. The molecule has 3 aliphatic rings. The lowest BCUT2D eigenvalue weighted by molar-refractivity contribution is -0.119. The second kappa shape index (κ2) is 6.23. The van der Waals surface area contributed by atoms with Gasteiger partial charge in [0.25, 0.3) is 0 Å². The molecule has 4 rings (SSSR count). The Morgan fingerprint density at radius 2 is 2.25 bits per heavy atom. The second-order valence-electron chi connectivity index (χ2n) is 6.40. The van der Waals surface area contributed by atoms with Crippen LogP contribution in [-0.2, 0) is 20.1 Å². The van der Waals surface area contributed by atoms with Crippen molar-refractivity contribution in [3.8, 4) is 0 Å². The maximum Gasteiger partial charge on any atom is 0.410 e. The third-order valence-corrected chi connectivity index (χ3v) is 7.46. The van der Waals surface area contributed by atoms with Gasteiger partial charge >= 0.3 is 6.09 Å². The topological polar surface area (TPSA) is 110 Å². The van der Waals surface area contributed by atoms with E-state index in [0.717, 1.165) is 18.1 Å². The van der Waals surface area contributed by atoms with E-state index >= 15 is 0 Å². The highest BCUT2D eigenvalue weighted by Crippen LogP contribution is 2.50. The summed E-state index contributed by atoms with van der Waals surface area (Å²) in [6, 6.07) is 0. The summed E-state index contributed by atoms with van der Waals surface area (Å²) in [4.78, 5) is 13.7. The Kier molecular flexibility index (Phi) is 4.56. The number of piperidine rings is 2. The minimum absolute atomic E-state index is 0.0432. The molecule has 2 saturated heterocycles. The molecule has 3 unspecified atom stereocenters. The molecule has 1 aromatic rings. The maximum absolute atomic E-state index is 12.6. The molecule has 3 heterocycles. The van der Waals surface area contributed by atoms with Gasteiger partial charge < -0.3 is 9.84 Å². The molecule has 1 aliphatic carbocycles. The lowest BCUT2D eigenvalue weighted by Gasteiger charge is -2.55. The van der Waals surface area contributed by atoms with Crippen molar-refractivity contribution < 1.29 is 23.1 Å². The Morgan fingerprint density at radius 3 is 2.88 bits per heavy atom. The number of sulfone groups is 1. The lowest BCUT2D eigenvalue weighted by Crippen LogP contribution is -2.65. The fourth-order valence-electron chi connectivity index (χ4n) is 3.89. The molecule has 1 N–H and O–H groups in total. The molecule has 8 nitrogen and oxygen atoms in total. The molecule has 2 bridgehead atoms. The summed E-state index contributed by atoms with van der Waals surface area (Å²) in [6.07, 6.45) is 0.757. The number of aliphatic hydroxyl groups is 1. The molecule has 0 aromatic carbocycles. The van der Waals surface area contributed by atoms with E-state index in [1.165, 1.54) is 12.0 Å². The molecular formula is C14H21N3O5S2. The predicted octanol–water partition coefficient (Wildman–Crippen LogP) is 1.16. The first-order valence-electron chi connectivity index (χ1n) is 7.96. The van der Waals surface area contributed by atoms with Crippen LogP contribution in [0.1, 0.15) is 38.3 Å². The molecule has 2 aliphatic heterocycles. The summed E-state index contributed by atoms with van der Waals surface area (Å²) in [5.41, 5.74) is -0.984. The van der Waals surface area contributed by atoms with E-state index in [2.05, 4.69) is 8.75 Å². The predicted molar refractivity (Wildman–Crippen MR) is 86.4 cm³/mol. The van der Waals surface area contributed by atoms with Crippen molar-refractivity contribution in [3.05, 3.63) is 5.69 Å². The van der Waals surface area contributed by atoms with Crippen molar-refractivity contribution in [3.63, 3.8) is 0 Å². The lowest BCUT2D eigenvalue weighted by atomic mass is 9.67. The first-order valence-corrected chi connectivity index (χ1v) is 10.3. The minimum Gasteiger partial charge on any atom is -0.453 e. The normalized spacial score (nSPS) is 29.7. The Bertz CT molecular complexity index is 735. The van der Waals surface area contributed by atoms with Gasteiger partial charge in [-0.3, -0.25) is 4.90 Å². The third-order valence-electron chi connectivity index (χ3n) is 4.99. The van der Waals surface area contributed by atoms with Crippen molar-refractivity contribution >= 4 is 27.7 Å². The highest BCUT2D eigenvalue weighted by Gasteiger charge is 2.58. The van der Waals surface area contributed by atoms with Gasteiger partial charge in [-0.05, 0) is 31.6 Å². The fraction of sp³-hybridized carbons (Fsp3) is 0.786. The Hall–Kier alpha value is -1.26. The highest BCUT2D eigenvalue weighted by atomic mass is 32.2. The van der Waals surface area contributed by atoms with Gasteiger partial charge in [0.2, 0.25) is 0 Å². The van der Waals surface area contributed by atoms with E-state index in [1.54, 1.807) is 6.92 Å². The second-order valence-corrected chi connectivity index (χ2v) is 8.95. The minimum atomic E-state index is -3.61. The average molecular weight is 375 g/mol. The average Bonchev–Trinajstić information content (AvgIpc) is 3.05. The van der Waals surface area contributed by atoms with Crippen LogP contribution < -0.4 is 0 Å². The fourth-order valence-corrected chi connectivity index (χ4v) is 6.27. The van der Waals surface area contributed by atoms with Crippen LogP contribution >= 0.6 is 11.7 Å². The Balaban J connectivity index is 2.14. The first kappa shape index (κ1) is 17.6. The summed E-state index contributed by atoms with van der Waals surface area (Å²) >= 11 is 0.798. The van der Waals surface area contributed by atoms with Gasteiger partial charge in [-0.25, -0.2) is 13.2 Å². The van der Waals surface area contributed by atoms with E-state index < -0.39 is 27.6 Å². The Labute approximate surface area is 145 Å². The van der Waals surface area contributed by atoms with Crippen LogP contribution in [0.5, 0.6) is 0 Å². The zero-order chi connectivity index (χ0) is 17.5. The number of amides is 1. The summed E-state index contributed by atoms with van der Waals surface area (Å²) in [5, 5.41) is 10.6. The van der Waals surface area contributed by atoms with Crippen molar-refractivity contribution in [2.75, 3.05) is 19.4 Å². The number of aromatic nitrogens is 2. The standard InChI is InChI=1S/C14H21N3O5S2/c1-3-6-24(20,21)12-11(15-23-16-12)14-5-4-9(7-10(14)18)8-17(14)13(19)22-2/h9-10,18H,3-8H2,1-2H3. The van der Waals surface area contributed by atoms with E-state index in [4.69, 9.17) is 4.74 Å². The molecule has 24 heavy (non-hydrogen) atoms. The monoisotopic (exact) mass is 375 g/mol. The van der Waals surface area contributed by atoms with Gasteiger partial charge in [-0.15, -0.1) is 0 Å². The zero-order valence-electron chi connectivity index (χ0n) is 13.6.